The fourth-order valence-corrected chi connectivity index (χ4v) is 2.80. The number of nitrogens with one attached hydrogen (secondary N) is 1. The zero-order chi connectivity index (χ0) is 14.2. The molecule has 0 bridgehead atoms. The maximum absolute atomic E-state index is 10.1. The lowest BCUT2D eigenvalue weighted by Crippen LogP contribution is -2.16. The third-order valence-corrected chi connectivity index (χ3v) is 4.10. The van der Waals surface area contributed by atoms with Crippen molar-refractivity contribution < 1.29 is 5.11 Å². The third kappa shape index (κ3) is 4.67. The standard InChI is InChI=1S/C17H21NOS/c1-2-18-13-12-17(19)14-8-10-16(11-9-14)20-15-6-4-3-5-7-15/h3-11,17-19H,2,12-13H2,1H3. The van der Waals surface area contributed by atoms with Crippen molar-refractivity contribution >= 4 is 11.8 Å². The molecule has 0 heterocycles. The van der Waals surface area contributed by atoms with Gasteiger partial charge in [-0.15, -0.1) is 0 Å². The van der Waals surface area contributed by atoms with Gasteiger partial charge in [-0.25, -0.2) is 0 Å². The highest BCUT2D eigenvalue weighted by Crippen LogP contribution is 2.28. The molecule has 0 aliphatic carbocycles. The molecule has 0 spiro atoms. The SMILES string of the molecule is CCNCCC(O)c1ccc(Sc2ccccc2)cc1. The predicted molar refractivity (Wildman–Crippen MR) is 85.1 cm³/mol. The Bertz CT molecular complexity index is 498. The highest BCUT2D eigenvalue weighted by Gasteiger charge is 2.07. The Morgan fingerprint density at radius 3 is 2.30 bits per heavy atom. The third-order valence-electron chi connectivity index (χ3n) is 3.09. The summed E-state index contributed by atoms with van der Waals surface area (Å²) >= 11 is 1.74. The molecule has 2 rings (SSSR count). The molecule has 0 aliphatic heterocycles. The molecule has 20 heavy (non-hydrogen) atoms. The van der Waals surface area contributed by atoms with Crippen molar-refractivity contribution in [2.24, 2.45) is 0 Å². The second-order valence-electron chi connectivity index (χ2n) is 4.64. The van der Waals surface area contributed by atoms with Crippen LogP contribution in [-0.4, -0.2) is 18.2 Å². The average Bonchev–Trinajstić information content (AvgIpc) is 2.49. The van der Waals surface area contributed by atoms with E-state index in [4.69, 9.17) is 0 Å². The summed E-state index contributed by atoms with van der Waals surface area (Å²) < 4.78 is 0. The minimum absolute atomic E-state index is 0.384. The maximum Gasteiger partial charge on any atom is 0.0802 e. The van der Waals surface area contributed by atoms with Crippen LogP contribution in [-0.2, 0) is 0 Å². The van der Waals surface area contributed by atoms with Gasteiger partial charge in [0.25, 0.3) is 0 Å². The van der Waals surface area contributed by atoms with Crippen LogP contribution in [0.1, 0.15) is 25.0 Å². The summed E-state index contributed by atoms with van der Waals surface area (Å²) in [5.41, 5.74) is 0.986. The van der Waals surface area contributed by atoms with Crippen molar-refractivity contribution in [1.82, 2.24) is 5.32 Å². The largest absolute Gasteiger partial charge is 0.388 e. The monoisotopic (exact) mass is 287 g/mol. The minimum Gasteiger partial charge on any atom is -0.388 e. The van der Waals surface area contributed by atoms with Crippen LogP contribution in [0.2, 0.25) is 0 Å². The van der Waals surface area contributed by atoms with Crippen LogP contribution in [0.15, 0.2) is 64.4 Å². The Labute approximate surface area is 125 Å². The predicted octanol–water partition coefficient (Wildman–Crippen LogP) is 3.87. The summed E-state index contributed by atoms with van der Waals surface area (Å²) in [5.74, 6) is 0. The van der Waals surface area contributed by atoms with Crippen LogP contribution in [0.4, 0.5) is 0 Å². The lowest BCUT2D eigenvalue weighted by atomic mass is 10.1. The van der Waals surface area contributed by atoms with Crippen molar-refractivity contribution in [1.29, 1.82) is 0 Å². The van der Waals surface area contributed by atoms with Gasteiger partial charge in [-0.3, -0.25) is 0 Å². The molecule has 2 N–H and O–H groups in total. The van der Waals surface area contributed by atoms with Crippen LogP contribution >= 0.6 is 11.8 Å². The molecule has 106 valence electrons. The van der Waals surface area contributed by atoms with Gasteiger partial charge >= 0.3 is 0 Å². The van der Waals surface area contributed by atoms with Crippen molar-refractivity contribution in [3.63, 3.8) is 0 Å². The van der Waals surface area contributed by atoms with E-state index in [1.165, 1.54) is 9.79 Å². The van der Waals surface area contributed by atoms with E-state index in [0.717, 1.165) is 25.1 Å². The first-order valence-corrected chi connectivity index (χ1v) is 7.83. The molecule has 1 atom stereocenters. The highest BCUT2D eigenvalue weighted by atomic mass is 32.2. The van der Waals surface area contributed by atoms with Crippen LogP contribution in [0.25, 0.3) is 0 Å². The Morgan fingerprint density at radius 1 is 1.00 bits per heavy atom. The Morgan fingerprint density at radius 2 is 1.65 bits per heavy atom. The molecular formula is C17H21NOS. The van der Waals surface area contributed by atoms with E-state index in [9.17, 15) is 5.11 Å². The number of hydrogen-bond donors (Lipinski definition) is 2. The van der Waals surface area contributed by atoms with Gasteiger partial charge in [0.2, 0.25) is 0 Å². The van der Waals surface area contributed by atoms with Crippen molar-refractivity contribution in [3.05, 3.63) is 60.2 Å². The van der Waals surface area contributed by atoms with Gasteiger partial charge in [0.1, 0.15) is 0 Å². The van der Waals surface area contributed by atoms with Crippen molar-refractivity contribution in [2.45, 2.75) is 29.2 Å². The van der Waals surface area contributed by atoms with E-state index in [-0.39, 0.29) is 6.10 Å². The normalized spacial score (nSPS) is 12.3. The molecule has 0 amide bonds. The smallest absolute Gasteiger partial charge is 0.0802 e. The van der Waals surface area contributed by atoms with Gasteiger partial charge in [-0.1, -0.05) is 49.0 Å². The fraction of sp³-hybridized carbons (Fsp3) is 0.294. The number of aliphatic hydroxyl groups excluding tert-OH is 1. The second-order valence-corrected chi connectivity index (χ2v) is 5.79. The molecule has 2 aromatic rings. The topological polar surface area (TPSA) is 32.3 Å². The van der Waals surface area contributed by atoms with Crippen LogP contribution < -0.4 is 5.32 Å². The zero-order valence-corrected chi connectivity index (χ0v) is 12.6. The summed E-state index contributed by atoms with van der Waals surface area (Å²) in [5, 5.41) is 13.3. The first-order valence-electron chi connectivity index (χ1n) is 7.01. The molecule has 0 saturated heterocycles. The van der Waals surface area contributed by atoms with Crippen LogP contribution in [0, 0.1) is 0 Å². The van der Waals surface area contributed by atoms with Gasteiger partial charge in [0, 0.05) is 9.79 Å². The van der Waals surface area contributed by atoms with Crippen molar-refractivity contribution in [2.75, 3.05) is 13.1 Å². The average molecular weight is 287 g/mol. The summed E-state index contributed by atoms with van der Waals surface area (Å²) in [7, 11) is 0. The molecular weight excluding hydrogens is 266 g/mol. The summed E-state index contributed by atoms with van der Waals surface area (Å²) in [6, 6.07) is 18.5. The highest BCUT2D eigenvalue weighted by molar-refractivity contribution is 7.99. The Kier molecular flexibility index (Phi) is 6.12. The first-order chi connectivity index (χ1) is 9.79. The molecule has 0 fully saturated rings. The number of aliphatic hydroxyl groups is 1. The summed E-state index contributed by atoms with van der Waals surface area (Å²) in [4.78, 5) is 2.42. The summed E-state index contributed by atoms with van der Waals surface area (Å²) in [6.45, 7) is 3.86. The van der Waals surface area contributed by atoms with Crippen LogP contribution in [0.5, 0.6) is 0 Å². The van der Waals surface area contributed by atoms with Gasteiger partial charge in [0.15, 0.2) is 0 Å². The number of benzene rings is 2. The Balaban J connectivity index is 1.92. The van der Waals surface area contributed by atoms with Crippen LogP contribution in [0.3, 0.4) is 0 Å². The van der Waals surface area contributed by atoms with Gasteiger partial charge in [-0.05, 0) is 49.3 Å². The minimum atomic E-state index is -0.384. The van der Waals surface area contributed by atoms with E-state index in [2.05, 4.69) is 36.5 Å². The lowest BCUT2D eigenvalue weighted by Gasteiger charge is -2.11. The maximum atomic E-state index is 10.1. The molecule has 0 aliphatic rings. The zero-order valence-electron chi connectivity index (χ0n) is 11.8. The first kappa shape index (κ1) is 15.1. The molecule has 2 nitrogen and oxygen atoms in total. The molecule has 0 radical (unpaired) electrons. The number of rotatable bonds is 7. The molecule has 1 unspecified atom stereocenters. The molecule has 2 aromatic carbocycles. The van der Waals surface area contributed by atoms with Crippen molar-refractivity contribution in [3.8, 4) is 0 Å². The molecule has 3 heteroatoms. The fourth-order valence-electron chi connectivity index (χ4n) is 1.96. The Hall–Kier alpha value is -1.29. The van der Waals surface area contributed by atoms with Gasteiger partial charge in [-0.2, -0.15) is 0 Å². The van der Waals surface area contributed by atoms with Gasteiger partial charge < -0.3 is 10.4 Å². The second kappa shape index (κ2) is 8.10. The number of hydrogen-bond acceptors (Lipinski definition) is 3. The van der Waals surface area contributed by atoms with E-state index >= 15 is 0 Å². The van der Waals surface area contributed by atoms with E-state index in [1.807, 2.05) is 30.3 Å². The molecule has 0 saturated carbocycles. The molecule has 0 aromatic heterocycles. The van der Waals surface area contributed by atoms with E-state index in [1.54, 1.807) is 11.8 Å². The lowest BCUT2D eigenvalue weighted by molar-refractivity contribution is 0.167. The summed E-state index contributed by atoms with van der Waals surface area (Å²) in [6.07, 6.45) is 0.365. The van der Waals surface area contributed by atoms with E-state index in [0.29, 0.717) is 0 Å². The van der Waals surface area contributed by atoms with E-state index < -0.39 is 0 Å². The van der Waals surface area contributed by atoms with Gasteiger partial charge in [0.05, 0.1) is 6.10 Å². The quantitative estimate of drug-likeness (QED) is 0.758.